The molecule has 7 nitrogen and oxygen atoms in total. The predicted molar refractivity (Wildman–Crippen MR) is 134 cm³/mol. The summed E-state index contributed by atoms with van der Waals surface area (Å²) < 4.78 is 12.6. The average molecular weight is 446 g/mol. The summed E-state index contributed by atoms with van der Waals surface area (Å²) in [5.74, 6) is 2.20. The second-order valence-electron chi connectivity index (χ2n) is 7.90. The Morgan fingerprint density at radius 1 is 0.909 bits per heavy atom. The van der Waals surface area contributed by atoms with E-state index in [4.69, 9.17) is 14.5 Å². The van der Waals surface area contributed by atoms with Crippen LogP contribution in [0.15, 0.2) is 60.9 Å². The highest BCUT2D eigenvalue weighted by Gasteiger charge is 2.12. The van der Waals surface area contributed by atoms with Crippen LogP contribution >= 0.6 is 0 Å². The molecule has 4 aromatic rings. The van der Waals surface area contributed by atoms with Crippen molar-refractivity contribution in [2.24, 2.45) is 0 Å². The molecular weight excluding hydrogens is 414 g/mol. The van der Waals surface area contributed by atoms with Crippen LogP contribution in [0.4, 0.5) is 17.2 Å². The summed E-state index contributed by atoms with van der Waals surface area (Å²) >= 11 is 0. The van der Waals surface area contributed by atoms with Gasteiger partial charge in [-0.1, -0.05) is 13.8 Å². The van der Waals surface area contributed by atoms with Crippen LogP contribution in [-0.4, -0.2) is 41.9 Å². The molecule has 0 unspecified atom stereocenters. The zero-order valence-corrected chi connectivity index (χ0v) is 19.7. The van der Waals surface area contributed by atoms with Crippen LogP contribution in [0.1, 0.15) is 26.7 Å². The highest BCUT2D eigenvalue weighted by molar-refractivity contribution is 5.79. The SMILES string of the molecule is CCCN(CCC)c1ccc(Nc2ccn3ncc(-c4cc(OC)cc(OC)c4)c3n2)cc1. The van der Waals surface area contributed by atoms with Crippen LogP contribution in [0.5, 0.6) is 11.5 Å². The van der Waals surface area contributed by atoms with Crippen molar-refractivity contribution in [2.75, 3.05) is 37.5 Å². The zero-order chi connectivity index (χ0) is 23.2. The molecule has 0 aliphatic rings. The summed E-state index contributed by atoms with van der Waals surface area (Å²) in [6, 6.07) is 16.2. The van der Waals surface area contributed by atoms with E-state index in [1.165, 1.54) is 5.69 Å². The molecule has 2 aromatic carbocycles. The van der Waals surface area contributed by atoms with Gasteiger partial charge in [-0.15, -0.1) is 0 Å². The number of methoxy groups -OCH3 is 2. The number of rotatable bonds is 10. The lowest BCUT2D eigenvalue weighted by atomic mass is 10.1. The van der Waals surface area contributed by atoms with Crippen molar-refractivity contribution in [2.45, 2.75) is 26.7 Å². The Labute approximate surface area is 195 Å². The van der Waals surface area contributed by atoms with Crippen LogP contribution in [0.2, 0.25) is 0 Å². The van der Waals surface area contributed by atoms with Gasteiger partial charge >= 0.3 is 0 Å². The molecule has 0 atom stereocenters. The van der Waals surface area contributed by atoms with E-state index >= 15 is 0 Å². The molecule has 0 aliphatic heterocycles. The summed E-state index contributed by atoms with van der Waals surface area (Å²) in [5.41, 5.74) is 4.83. The monoisotopic (exact) mass is 445 g/mol. The number of nitrogens with zero attached hydrogens (tertiary/aromatic N) is 4. The Kier molecular flexibility index (Phi) is 6.98. The lowest BCUT2D eigenvalue weighted by molar-refractivity contribution is 0.394. The molecular formula is C26H31N5O2. The maximum absolute atomic E-state index is 5.42. The molecule has 0 saturated heterocycles. The molecule has 0 radical (unpaired) electrons. The van der Waals surface area contributed by atoms with Crippen molar-refractivity contribution in [3.05, 3.63) is 60.9 Å². The first-order valence-corrected chi connectivity index (χ1v) is 11.3. The normalized spacial score (nSPS) is 10.9. The lowest BCUT2D eigenvalue weighted by Crippen LogP contribution is -2.24. The van der Waals surface area contributed by atoms with Gasteiger partial charge < -0.3 is 19.7 Å². The summed E-state index contributed by atoms with van der Waals surface area (Å²) in [7, 11) is 3.29. The molecule has 1 N–H and O–H groups in total. The Balaban J connectivity index is 1.60. The quantitative estimate of drug-likeness (QED) is 0.334. The smallest absolute Gasteiger partial charge is 0.165 e. The van der Waals surface area contributed by atoms with E-state index in [1.54, 1.807) is 18.7 Å². The molecule has 172 valence electrons. The van der Waals surface area contributed by atoms with Crippen molar-refractivity contribution in [1.82, 2.24) is 14.6 Å². The number of fused-ring (bicyclic) bond motifs is 1. The van der Waals surface area contributed by atoms with Crippen LogP contribution in [-0.2, 0) is 0 Å². The van der Waals surface area contributed by atoms with Gasteiger partial charge in [0.1, 0.15) is 17.3 Å². The second kappa shape index (κ2) is 10.3. The number of hydrogen-bond acceptors (Lipinski definition) is 6. The average Bonchev–Trinajstić information content (AvgIpc) is 3.27. The number of hydrogen-bond donors (Lipinski definition) is 1. The van der Waals surface area contributed by atoms with E-state index in [1.807, 2.05) is 36.7 Å². The Morgan fingerprint density at radius 3 is 2.18 bits per heavy atom. The van der Waals surface area contributed by atoms with Gasteiger partial charge in [0, 0.05) is 42.3 Å². The highest BCUT2D eigenvalue weighted by atomic mass is 16.5. The topological polar surface area (TPSA) is 63.9 Å². The molecule has 0 fully saturated rings. The van der Waals surface area contributed by atoms with Gasteiger partial charge in [0.25, 0.3) is 0 Å². The predicted octanol–water partition coefficient (Wildman–Crippen LogP) is 5.78. The first-order chi connectivity index (χ1) is 16.1. The van der Waals surface area contributed by atoms with Crippen molar-refractivity contribution in [3.8, 4) is 22.6 Å². The largest absolute Gasteiger partial charge is 0.497 e. The minimum Gasteiger partial charge on any atom is -0.497 e. The second-order valence-corrected chi connectivity index (χ2v) is 7.90. The van der Waals surface area contributed by atoms with E-state index in [2.05, 4.69) is 53.4 Å². The van der Waals surface area contributed by atoms with Crippen LogP contribution in [0.3, 0.4) is 0 Å². The maximum atomic E-state index is 5.42. The summed E-state index contributed by atoms with van der Waals surface area (Å²) in [5, 5.41) is 7.88. The van der Waals surface area contributed by atoms with Gasteiger partial charge in [0.2, 0.25) is 0 Å². The van der Waals surface area contributed by atoms with Gasteiger partial charge in [-0.2, -0.15) is 5.10 Å². The van der Waals surface area contributed by atoms with Gasteiger partial charge in [0.15, 0.2) is 5.65 Å². The van der Waals surface area contributed by atoms with Gasteiger partial charge in [-0.25, -0.2) is 9.50 Å². The van der Waals surface area contributed by atoms with Gasteiger partial charge in [0.05, 0.1) is 20.4 Å². The van der Waals surface area contributed by atoms with Crippen molar-refractivity contribution in [3.63, 3.8) is 0 Å². The van der Waals surface area contributed by atoms with Crippen molar-refractivity contribution >= 4 is 22.8 Å². The van der Waals surface area contributed by atoms with E-state index < -0.39 is 0 Å². The van der Waals surface area contributed by atoms with E-state index in [0.29, 0.717) is 0 Å². The van der Waals surface area contributed by atoms with Gasteiger partial charge in [-0.05, 0) is 60.9 Å². The molecule has 0 amide bonds. The third kappa shape index (κ3) is 5.03. The fourth-order valence-corrected chi connectivity index (χ4v) is 3.92. The molecule has 33 heavy (non-hydrogen) atoms. The molecule has 0 spiro atoms. The van der Waals surface area contributed by atoms with E-state index in [9.17, 15) is 0 Å². The number of ether oxygens (including phenoxy) is 2. The number of nitrogens with one attached hydrogen (secondary N) is 1. The Morgan fingerprint density at radius 2 is 1.58 bits per heavy atom. The minimum absolute atomic E-state index is 0.721. The third-order valence-electron chi connectivity index (χ3n) is 5.52. The summed E-state index contributed by atoms with van der Waals surface area (Å²) in [6.07, 6.45) is 5.99. The zero-order valence-electron chi connectivity index (χ0n) is 19.7. The number of benzene rings is 2. The van der Waals surface area contributed by atoms with Crippen LogP contribution < -0.4 is 19.7 Å². The molecule has 7 heteroatoms. The van der Waals surface area contributed by atoms with E-state index in [-0.39, 0.29) is 0 Å². The first kappa shape index (κ1) is 22.5. The van der Waals surface area contributed by atoms with Crippen LogP contribution in [0.25, 0.3) is 16.8 Å². The number of anilines is 3. The molecule has 0 bridgehead atoms. The molecule has 0 saturated carbocycles. The fourth-order valence-electron chi connectivity index (χ4n) is 3.92. The molecule has 2 heterocycles. The first-order valence-electron chi connectivity index (χ1n) is 11.3. The van der Waals surface area contributed by atoms with Crippen LogP contribution in [0, 0.1) is 0 Å². The maximum Gasteiger partial charge on any atom is 0.165 e. The Bertz CT molecular complexity index is 1180. The Hall–Kier alpha value is -3.74. The highest BCUT2D eigenvalue weighted by Crippen LogP contribution is 2.32. The fraction of sp³-hybridized carbons (Fsp3) is 0.308. The summed E-state index contributed by atoms with van der Waals surface area (Å²) in [4.78, 5) is 7.26. The summed E-state index contributed by atoms with van der Waals surface area (Å²) in [6.45, 7) is 6.56. The molecule has 4 rings (SSSR count). The number of aromatic nitrogens is 3. The van der Waals surface area contributed by atoms with Crippen molar-refractivity contribution in [1.29, 1.82) is 0 Å². The molecule has 2 aromatic heterocycles. The minimum atomic E-state index is 0.721. The van der Waals surface area contributed by atoms with E-state index in [0.717, 1.165) is 65.7 Å². The standard InChI is InChI=1S/C26H31N5O2/c1-5-12-30(13-6-2)21-9-7-20(8-10-21)28-25-11-14-31-26(29-25)24(18-27-31)19-15-22(32-3)17-23(16-19)33-4/h7-11,14-18H,5-6,12-13H2,1-4H3,(H,28,29). The van der Waals surface area contributed by atoms with Crippen molar-refractivity contribution < 1.29 is 9.47 Å². The third-order valence-corrected chi connectivity index (χ3v) is 5.52. The van der Waals surface area contributed by atoms with Gasteiger partial charge in [-0.3, -0.25) is 0 Å². The molecule has 0 aliphatic carbocycles. The lowest BCUT2D eigenvalue weighted by Gasteiger charge is -2.24.